The van der Waals surface area contributed by atoms with Gasteiger partial charge in [0.1, 0.15) is 0 Å². The second-order valence-corrected chi connectivity index (χ2v) is 7.12. The van der Waals surface area contributed by atoms with Crippen LogP contribution in [0, 0.1) is 20.8 Å². The van der Waals surface area contributed by atoms with E-state index < -0.39 is 6.03 Å². The smallest absolute Gasteiger partial charge is 0.315 e. The van der Waals surface area contributed by atoms with Gasteiger partial charge in [0.2, 0.25) is 11.7 Å². The summed E-state index contributed by atoms with van der Waals surface area (Å²) in [5.41, 5.74) is 4.63. The Morgan fingerprint density at radius 1 is 0.903 bits per heavy atom. The maximum atomic E-state index is 12.2. The van der Waals surface area contributed by atoms with E-state index in [0.717, 1.165) is 27.9 Å². The van der Waals surface area contributed by atoms with E-state index >= 15 is 0 Å². The third-order valence-corrected chi connectivity index (χ3v) is 4.61. The van der Waals surface area contributed by atoms with Crippen LogP contribution in [0.5, 0.6) is 17.2 Å². The lowest BCUT2D eigenvalue weighted by Crippen LogP contribution is -2.39. The number of rotatable bonds is 9. The minimum absolute atomic E-state index is 0.144. The lowest BCUT2D eigenvalue weighted by atomic mass is 10.1. The molecule has 168 valence electrons. The molecule has 3 N–H and O–H groups in total. The third-order valence-electron chi connectivity index (χ3n) is 4.61. The molecular weight excluding hydrogens is 398 g/mol. The van der Waals surface area contributed by atoms with Gasteiger partial charge in [-0.15, -0.1) is 0 Å². The third kappa shape index (κ3) is 6.53. The minimum atomic E-state index is -0.459. The Balaban J connectivity index is 1.91. The summed E-state index contributed by atoms with van der Waals surface area (Å²) in [6, 6.07) is 7.08. The van der Waals surface area contributed by atoms with Gasteiger partial charge in [0, 0.05) is 12.2 Å². The van der Waals surface area contributed by atoms with Crippen molar-refractivity contribution in [3.8, 4) is 17.2 Å². The molecule has 8 nitrogen and oxygen atoms in total. The topological polar surface area (TPSA) is 97.9 Å². The van der Waals surface area contributed by atoms with Gasteiger partial charge in [-0.1, -0.05) is 17.7 Å². The van der Waals surface area contributed by atoms with E-state index in [1.807, 2.05) is 39.8 Å². The second-order valence-electron chi connectivity index (χ2n) is 7.12. The number of hydrogen-bond acceptors (Lipinski definition) is 5. The van der Waals surface area contributed by atoms with Gasteiger partial charge < -0.3 is 30.2 Å². The summed E-state index contributed by atoms with van der Waals surface area (Å²) in [4.78, 5) is 24.4. The number of carbonyl (C=O) groups excluding carboxylic acids is 2. The maximum absolute atomic E-state index is 12.2. The first-order valence-corrected chi connectivity index (χ1v) is 10.1. The molecule has 8 heteroatoms. The lowest BCUT2D eigenvalue weighted by molar-refractivity contribution is -0.115. The lowest BCUT2D eigenvalue weighted by Gasteiger charge is -2.16. The van der Waals surface area contributed by atoms with E-state index in [1.165, 1.54) is 14.2 Å². The number of aryl methyl sites for hydroxylation is 3. The largest absolute Gasteiger partial charge is 0.493 e. The van der Waals surface area contributed by atoms with Crippen molar-refractivity contribution in [3.05, 3.63) is 46.5 Å². The van der Waals surface area contributed by atoms with Gasteiger partial charge in [-0.25, -0.2) is 4.79 Å². The summed E-state index contributed by atoms with van der Waals surface area (Å²) in [7, 11) is 3.08. The highest BCUT2D eigenvalue weighted by atomic mass is 16.5. The minimum Gasteiger partial charge on any atom is -0.493 e. The molecule has 0 aliphatic carbocycles. The fourth-order valence-electron chi connectivity index (χ4n) is 3.29. The molecule has 0 radical (unpaired) electrons. The molecule has 0 heterocycles. The zero-order valence-electron chi connectivity index (χ0n) is 19.0. The van der Waals surface area contributed by atoms with E-state index in [0.29, 0.717) is 23.9 Å². The first-order chi connectivity index (χ1) is 14.8. The van der Waals surface area contributed by atoms with Crippen LogP contribution in [-0.4, -0.2) is 39.3 Å². The predicted octanol–water partition coefficient (Wildman–Crippen LogP) is 3.47. The monoisotopic (exact) mass is 429 g/mol. The van der Waals surface area contributed by atoms with E-state index in [9.17, 15) is 9.59 Å². The molecule has 3 amide bonds. The summed E-state index contributed by atoms with van der Waals surface area (Å²) in [5.74, 6) is 1.25. The molecule has 0 saturated heterocycles. The van der Waals surface area contributed by atoms with Crippen LogP contribution in [0.2, 0.25) is 0 Å². The number of urea groups is 1. The highest BCUT2D eigenvalue weighted by Gasteiger charge is 2.15. The molecule has 0 fully saturated rings. The number of nitrogens with one attached hydrogen (secondary N) is 3. The average molecular weight is 430 g/mol. The Hall–Kier alpha value is -3.42. The Labute approximate surface area is 183 Å². The van der Waals surface area contributed by atoms with Crippen LogP contribution in [0.4, 0.5) is 10.5 Å². The van der Waals surface area contributed by atoms with Gasteiger partial charge in [0.25, 0.3) is 0 Å². The average Bonchev–Trinajstić information content (AvgIpc) is 2.73. The van der Waals surface area contributed by atoms with Crippen LogP contribution in [-0.2, 0) is 11.3 Å². The molecule has 0 saturated carbocycles. The molecule has 0 aliphatic rings. The van der Waals surface area contributed by atoms with Crippen molar-refractivity contribution in [2.24, 2.45) is 0 Å². The van der Waals surface area contributed by atoms with E-state index in [2.05, 4.69) is 16.0 Å². The molecule has 2 aromatic carbocycles. The van der Waals surface area contributed by atoms with Crippen LogP contribution in [0.15, 0.2) is 24.3 Å². The van der Waals surface area contributed by atoms with Gasteiger partial charge in [0.15, 0.2) is 11.5 Å². The van der Waals surface area contributed by atoms with Gasteiger partial charge >= 0.3 is 6.03 Å². The van der Waals surface area contributed by atoms with Crippen molar-refractivity contribution in [1.82, 2.24) is 10.6 Å². The van der Waals surface area contributed by atoms with Crippen molar-refractivity contribution < 1.29 is 23.8 Å². The van der Waals surface area contributed by atoms with Crippen LogP contribution >= 0.6 is 0 Å². The van der Waals surface area contributed by atoms with Crippen LogP contribution < -0.4 is 30.2 Å². The number of methoxy groups -OCH3 is 2. The molecule has 0 aliphatic heterocycles. The van der Waals surface area contributed by atoms with Crippen molar-refractivity contribution >= 4 is 17.6 Å². The molecule has 0 bridgehead atoms. The molecule has 0 aromatic heterocycles. The van der Waals surface area contributed by atoms with Crippen molar-refractivity contribution in [3.63, 3.8) is 0 Å². The maximum Gasteiger partial charge on any atom is 0.315 e. The van der Waals surface area contributed by atoms with Crippen molar-refractivity contribution in [1.29, 1.82) is 0 Å². The number of benzene rings is 2. The summed E-state index contributed by atoms with van der Waals surface area (Å²) in [5, 5.41) is 8.14. The molecule has 0 spiro atoms. The van der Waals surface area contributed by atoms with Crippen LogP contribution in [0.25, 0.3) is 0 Å². The van der Waals surface area contributed by atoms with Gasteiger partial charge in [-0.05, 0) is 56.5 Å². The Bertz CT molecular complexity index is 895. The summed E-state index contributed by atoms with van der Waals surface area (Å²) in [6.45, 7) is 8.31. The fraction of sp³-hybridized carbons (Fsp3) is 0.391. The van der Waals surface area contributed by atoms with Crippen molar-refractivity contribution in [2.45, 2.75) is 34.2 Å². The SMILES string of the molecule is CCOc1c(OC)cc(CNC(=O)NCC(=O)Nc2c(C)cc(C)cc2C)cc1OC. The van der Waals surface area contributed by atoms with Gasteiger partial charge in [-0.2, -0.15) is 0 Å². The van der Waals surface area contributed by atoms with E-state index in [4.69, 9.17) is 14.2 Å². The fourth-order valence-corrected chi connectivity index (χ4v) is 3.29. The molecule has 2 rings (SSSR count). The van der Waals surface area contributed by atoms with Crippen molar-refractivity contribution in [2.75, 3.05) is 32.7 Å². The summed E-state index contributed by atoms with van der Waals surface area (Å²) < 4.78 is 16.3. The molecule has 0 atom stereocenters. The number of anilines is 1. The number of amides is 3. The highest BCUT2D eigenvalue weighted by Crippen LogP contribution is 2.38. The standard InChI is InChI=1S/C23H31N3O5/c1-7-31-22-18(29-5)10-17(11-19(22)30-6)12-24-23(28)25-13-20(27)26-21-15(3)8-14(2)9-16(21)4/h8-11H,7,12-13H2,1-6H3,(H,26,27)(H2,24,25,28). The quantitative estimate of drug-likeness (QED) is 0.567. The normalized spacial score (nSPS) is 10.3. The van der Waals surface area contributed by atoms with Gasteiger partial charge in [0.05, 0.1) is 27.4 Å². The zero-order valence-corrected chi connectivity index (χ0v) is 19.0. The Morgan fingerprint density at radius 3 is 2.00 bits per heavy atom. The molecule has 2 aromatic rings. The highest BCUT2D eigenvalue weighted by molar-refractivity contribution is 5.95. The second kappa shape index (κ2) is 11.1. The van der Waals surface area contributed by atoms with Crippen LogP contribution in [0.3, 0.4) is 0 Å². The molecular formula is C23H31N3O5. The number of ether oxygens (including phenoxy) is 3. The summed E-state index contributed by atoms with van der Waals surface area (Å²) >= 11 is 0. The Morgan fingerprint density at radius 2 is 1.48 bits per heavy atom. The molecule has 31 heavy (non-hydrogen) atoms. The number of hydrogen-bond donors (Lipinski definition) is 3. The molecule has 0 unspecified atom stereocenters. The van der Waals surface area contributed by atoms with E-state index in [-0.39, 0.29) is 19.0 Å². The number of carbonyl (C=O) groups is 2. The van der Waals surface area contributed by atoms with E-state index in [1.54, 1.807) is 12.1 Å². The first-order valence-electron chi connectivity index (χ1n) is 10.1. The van der Waals surface area contributed by atoms with Crippen LogP contribution in [0.1, 0.15) is 29.2 Å². The predicted molar refractivity (Wildman–Crippen MR) is 120 cm³/mol. The van der Waals surface area contributed by atoms with Gasteiger partial charge in [-0.3, -0.25) is 4.79 Å². The summed E-state index contributed by atoms with van der Waals surface area (Å²) in [6.07, 6.45) is 0. The zero-order chi connectivity index (χ0) is 23.0. The first kappa shape index (κ1) is 23.9. The Kier molecular flexibility index (Phi) is 8.54.